The number of ether oxygens (including phenoxy) is 1. The minimum absolute atomic E-state index is 0.182. The number of carboxylic acid groups (broad SMARTS) is 2. The lowest BCUT2D eigenvalue weighted by atomic mass is 9.94. The molecular weight excluding hydrogens is 486 g/mol. The molecule has 0 radical (unpaired) electrons. The zero-order chi connectivity index (χ0) is 27.3. The van der Waals surface area contributed by atoms with Gasteiger partial charge < -0.3 is 19.8 Å². The lowest BCUT2D eigenvalue weighted by Gasteiger charge is -2.38. The highest BCUT2D eigenvalue weighted by Gasteiger charge is 2.30. The molecule has 4 rings (SSSR count). The van der Waals surface area contributed by atoms with Gasteiger partial charge in [0.2, 0.25) is 5.91 Å². The molecule has 0 aliphatic carbocycles. The van der Waals surface area contributed by atoms with Crippen molar-refractivity contribution in [1.82, 2.24) is 14.7 Å². The fourth-order valence-corrected chi connectivity index (χ4v) is 4.68. The normalized spacial score (nSPS) is 17.0. The third-order valence-electron chi connectivity index (χ3n) is 6.82. The van der Waals surface area contributed by atoms with Crippen LogP contribution in [0.4, 0.5) is 0 Å². The molecular formula is C29H37N3O6. The number of aliphatic carboxylic acids is 2. The fourth-order valence-electron chi connectivity index (χ4n) is 4.68. The van der Waals surface area contributed by atoms with Crippen LogP contribution in [0.15, 0.2) is 60.7 Å². The summed E-state index contributed by atoms with van der Waals surface area (Å²) in [4.78, 5) is 38.2. The Morgan fingerprint density at radius 1 is 0.868 bits per heavy atom. The van der Waals surface area contributed by atoms with E-state index in [9.17, 15) is 4.79 Å². The summed E-state index contributed by atoms with van der Waals surface area (Å²) in [5.74, 6) is -2.20. The van der Waals surface area contributed by atoms with Gasteiger partial charge in [0.1, 0.15) is 5.75 Å². The number of likely N-dealkylation sites (tertiary alicyclic amines) is 1. The van der Waals surface area contributed by atoms with Gasteiger partial charge in [0.25, 0.3) is 0 Å². The first kappa shape index (κ1) is 28.9. The molecule has 0 atom stereocenters. The Morgan fingerprint density at radius 3 is 2.13 bits per heavy atom. The monoisotopic (exact) mass is 523 g/mol. The molecule has 2 aromatic carbocycles. The highest BCUT2D eigenvalue weighted by molar-refractivity contribution is 6.27. The molecule has 2 N–H and O–H groups in total. The summed E-state index contributed by atoms with van der Waals surface area (Å²) in [6.45, 7) is 7.45. The number of hydrogen-bond acceptors (Lipinski definition) is 6. The second-order valence-corrected chi connectivity index (χ2v) is 9.45. The third kappa shape index (κ3) is 9.32. The molecule has 0 spiro atoms. The Morgan fingerprint density at radius 2 is 1.53 bits per heavy atom. The van der Waals surface area contributed by atoms with Gasteiger partial charge in [-0.25, -0.2) is 9.59 Å². The van der Waals surface area contributed by atoms with E-state index in [2.05, 4.69) is 63.2 Å². The largest absolute Gasteiger partial charge is 0.497 e. The van der Waals surface area contributed by atoms with E-state index in [0.717, 1.165) is 70.9 Å². The van der Waals surface area contributed by atoms with E-state index in [-0.39, 0.29) is 5.92 Å². The van der Waals surface area contributed by atoms with Crippen LogP contribution in [-0.2, 0) is 20.9 Å². The average Bonchev–Trinajstić information content (AvgIpc) is 2.94. The molecule has 38 heavy (non-hydrogen) atoms. The molecule has 2 aromatic rings. The van der Waals surface area contributed by atoms with Gasteiger partial charge in [-0.15, -0.1) is 0 Å². The number of carboxylic acids is 2. The van der Waals surface area contributed by atoms with E-state index in [1.54, 1.807) is 7.11 Å². The first-order chi connectivity index (χ1) is 18.4. The Kier molecular flexibility index (Phi) is 11.3. The van der Waals surface area contributed by atoms with Crippen LogP contribution < -0.4 is 4.74 Å². The quantitative estimate of drug-likeness (QED) is 0.533. The molecule has 9 heteroatoms. The number of carbonyl (C=O) groups excluding carboxylic acids is 1. The van der Waals surface area contributed by atoms with Gasteiger partial charge >= 0.3 is 11.9 Å². The molecule has 204 valence electrons. The number of piperidine rings is 1. The van der Waals surface area contributed by atoms with Gasteiger partial charge in [-0.05, 0) is 49.2 Å². The maximum absolute atomic E-state index is 13.1. The zero-order valence-electron chi connectivity index (χ0n) is 21.9. The van der Waals surface area contributed by atoms with Gasteiger partial charge in [-0.2, -0.15) is 0 Å². The van der Waals surface area contributed by atoms with Crippen LogP contribution in [-0.4, -0.2) is 95.7 Å². The molecule has 2 aliphatic rings. The topological polar surface area (TPSA) is 111 Å². The van der Waals surface area contributed by atoms with E-state index in [4.69, 9.17) is 24.5 Å². The predicted molar refractivity (Wildman–Crippen MR) is 145 cm³/mol. The molecule has 1 amide bonds. The van der Waals surface area contributed by atoms with Gasteiger partial charge in [-0.1, -0.05) is 54.6 Å². The highest BCUT2D eigenvalue weighted by Crippen LogP contribution is 2.23. The fraction of sp³-hybridized carbons (Fsp3) is 0.414. The van der Waals surface area contributed by atoms with E-state index >= 15 is 0 Å². The highest BCUT2D eigenvalue weighted by atomic mass is 16.5. The van der Waals surface area contributed by atoms with Crippen LogP contribution in [0, 0.1) is 5.92 Å². The minimum Gasteiger partial charge on any atom is -0.497 e. The SMILES string of the molecule is COc1cccc(CN2CCC(C(=O)N3CCN(C/C=C/c4ccccc4)CC3)CC2)c1.O=C(O)C(=O)O. The van der Waals surface area contributed by atoms with E-state index in [1.165, 1.54) is 11.1 Å². The number of methoxy groups -OCH3 is 1. The van der Waals surface area contributed by atoms with Crippen molar-refractivity contribution in [3.05, 3.63) is 71.8 Å². The van der Waals surface area contributed by atoms with E-state index in [1.807, 2.05) is 18.2 Å². The number of carbonyl (C=O) groups is 3. The molecule has 2 fully saturated rings. The third-order valence-corrected chi connectivity index (χ3v) is 6.82. The van der Waals surface area contributed by atoms with Crippen molar-refractivity contribution in [3.63, 3.8) is 0 Å². The smallest absolute Gasteiger partial charge is 0.414 e. The standard InChI is InChI=1S/C27H35N3O2.C2H2O4/c1-32-26-11-5-9-24(21-26)22-29-15-12-25(13-16-29)27(31)30-19-17-28(18-20-30)14-6-10-23-7-3-2-4-8-23;3-1(4)2(5)6/h2-11,21,25H,12-20,22H2,1H3;(H,3,4)(H,5,6)/b10-6+;. The summed E-state index contributed by atoms with van der Waals surface area (Å²) in [5, 5.41) is 14.8. The summed E-state index contributed by atoms with van der Waals surface area (Å²) in [6.07, 6.45) is 6.33. The summed E-state index contributed by atoms with van der Waals surface area (Å²) in [7, 11) is 1.71. The van der Waals surface area contributed by atoms with Gasteiger partial charge in [0.15, 0.2) is 0 Å². The molecule has 0 aromatic heterocycles. The molecule has 2 aliphatic heterocycles. The maximum atomic E-state index is 13.1. The van der Waals surface area contributed by atoms with Crippen molar-refractivity contribution >= 4 is 23.9 Å². The van der Waals surface area contributed by atoms with Crippen LogP contribution >= 0.6 is 0 Å². The second-order valence-electron chi connectivity index (χ2n) is 9.45. The number of piperazine rings is 1. The van der Waals surface area contributed by atoms with E-state index in [0.29, 0.717) is 5.91 Å². The maximum Gasteiger partial charge on any atom is 0.414 e. The van der Waals surface area contributed by atoms with Crippen molar-refractivity contribution in [1.29, 1.82) is 0 Å². The molecule has 9 nitrogen and oxygen atoms in total. The van der Waals surface area contributed by atoms with Gasteiger partial charge in [-0.3, -0.25) is 14.6 Å². The first-order valence-electron chi connectivity index (χ1n) is 12.9. The van der Waals surface area contributed by atoms with Crippen LogP contribution in [0.5, 0.6) is 5.75 Å². The summed E-state index contributed by atoms with van der Waals surface area (Å²) < 4.78 is 5.33. The number of hydrogen-bond donors (Lipinski definition) is 2. The average molecular weight is 524 g/mol. The summed E-state index contributed by atoms with van der Waals surface area (Å²) in [5.41, 5.74) is 2.51. The Labute approximate surface area is 223 Å². The molecule has 0 saturated carbocycles. The number of nitrogens with zero attached hydrogens (tertiary/aromatic N) is 3. The van der Waals surface area contributed by atoms with Crippen molar-refractivity contribution < 1.29 is 29.3 Å². The second kappa shape index (κ2) is 14.9. The Bertz CT molecular complexity index is 1060. The summed E-state index contributed by atoms with van der Waals surface area (Å²) in [6, 6.07) is 18.7. The van der Waals surface area contributed by atoms with Crippen LogP contribution in [0.1, 0.15) is 24.0 Å². The number of rotatable bonds is 7. The van der Waals surface area contributed by atoms with Crippen molar-refractivity contribution in [3.8, 4) is 5.75 Å². The lowest BCUT2D eigenvalue weighted by molar-refractivity contribution is -0.159. The van der Waals surface area contributed by atoms with E-state index < -0.39 is 11.9 Å². The van der Waals surface area contributed by atoms with Gasteiger partial charge in [0, 0.05) is 45.2 Å². The minimum atomic E-state index is -1.82. The Hall–Kier alpha value is -3.69. The van der Waals surface area contributed by atoms with Crippen LogP contribution in [0.2, 0.25) is 0 Å². The first-order valence-corrected chi connectivity index (χ1v) is 12.9. The Balaban J connectivity index is 0.000000599. The molecule has 2 heterocycles. The van der Waals surface area contributed by atoms with Crippen LogP contribution in [0.3, 0.4) is 0 Å². The molecule has 2 saturated heterocycles. The predicted octanol–water partition coefficient (Wildman–Crippen LogP) is 2.92. The van der Waals surface area contributed by atoms with Gasteiger partial charge in [0.05, 0.1) is 7.11 Å². The molecule has 0 unspecified atom stereocenters. The molecule has 0 bridgehead atoms. The zero-order valence-corrected chi connectivity index (χ0v) is 21.9. The number of benzene rings is 2. The summed E-state index contributed by atoms with van der Waals surface area (Å²) >= 11 is 0. The van der Waals surface area contributed by atoms with Crippen molar-refractivity contribution in [2.75, 3.05) is 52.9 Å². The van der Waals surface area contributed by atoms with Crippen molar-refractivity contribution in [2.24, 2.45) is 5.92 Å². The van der Waals surface area contributed by atoms with Crippen molar-refractivity contribution in [2.45, 2.75) is 19.4 Å². The number of amides is 1. The van der Waals surface area contributed by atoms with Crippen LogP contribution in [0.25, 0.3) is 6.08 Å². The lowest BCUT2D eigenvalue weighted by Crippen LogP contribution is -2.51.